The molecule has 0 saturated carbocycles. The second kappa shape index (κ2) is 5.01. The fourth-order valence-electron chi connectivity index (χ4n) is 2.62. The van der Waals surface area contributed by atoms with Crippen LogP contribution in [0.4, 0.5) is 0 Å². The van der Waals surface area contributed by atoms with Crippen molar-refractivity contribution in [3.63, 3.8) is 0 Å². The van der Waals surface area contributed by atoms with Crippen molar-refractivity contribution in [2.45, 2.75) is 18.9 Å². The first kappa shape index (κ1) is 13.3. The van der Waals surface area contributed by atoms with Gasteiger partial charge in [-0.15, -0.1) is 0 Å². The van der Waals surface area contributed by atoms with Crippen LogP contribution in [0.25, 0.3) is 10.9 Å². The number of aliphatic carboxylic acids is 1. The average molecular weight is 287 g/mol. The fraction of sp³-hybridized carbons (Fsp3) is 0.286. The predicted octanol–water partition coefficient (Wildman–Crippen LogP) is 0.612. The lowest BCUT2D eigenvalue weighted by Crippen LogP contribution is -2.42. The Hall–Kier alpha value is -2.70. The Kier molecular flexibility index (Phi) is 3.17. The van der Waals surface area contributed by atoms with Crippen molar-refractivity contribution in [3.05, 3.63) is 40.2 Å². The molecule has 1 amide bonds. The maximum atomic E-state index is 12.4. The molecule has 1 atom stereocenters. The molecule has 7 nitrogen and oxygen atoms in total. The molecule has 7 heteroatoms. The van der Waals surface area contributed by atoms with Crippen LogP contribution >= 0.6 is 0 Å². The second-order valence-electron chi connectivity index (χ2n) is 4.94. The van der Waals surface area contributed by atoms with Gasteiger partial charge in [0.2, 0.25) is 5.43 Å². The number of carbonyl (C=O) groups is 2. The number of hydrogen-bond acceptors (Lipinski definition) is 4. The number of likely N-dealkylation sites (tertiary alicyclic amines) is 1. The number of H-pyrrole nitrogens is 1. The minimum absolute atomic E-state index is 0.262. The molecule has 0 aliphatic carbocycles. The molecule has 3 rings (SSSR count). The van der Waals surface area contributed by atoms with Crippen molar-refractivity contribution in [2.75, 3.05) is 6.54 Å². The summed E-state index contributed by atoms with van der Waals surface area (Å²) in [5.74, 6) is -1.69. The average Bonchev–Trinajstić information content (AvgIpc) is 2.97. The van der Waals surface area contributed by atoms with Crippen LogP contribution in [-0.2, 0) is 4.79 Å². The number of carbonyl (C=O) groups excluding carboxylic acids is 1. The lowest BCUT2D eigenvalue weighted by molar-refractivity contribution is -0.141. The summed E-state index contributed by atoms with van der Waals surface area (Å²) in [6.07, 6.45) is 1.00. The van der Waals surface area contributed by atoms with E-state index in [1.807, 2.05) is 0 Å². The zero-order valence-electron chi connectivity index (χ0n) is 11.1. The molecule has 0 spiro atoms. The van der Waals surface area contributed by atoms with Crippen LogP contribution in [0, 0.1) is 0 Å². The van der Waals surface area contributed by atoms with Gasteiger partial charge in [-0.1, -0.05) is 12.1 Å². The molecule has 1 aliphatic heterocycles. The van der Waals surface area contributed by atoms with Gasteiger partial charge in [0.15, 0.2) is 5.69 Å². The first-order chi connectivity index (χ1) is 10.1. The third-order valence-corrected chi connectivity index (χ3v) is 3.68. The molecule has 1 aromatic carbocycles. The predicted molar refractivity (Wildman–Crippen MR) is 74.1 cm³/mol. The van der Waals surface area contributed by atoms with E-state index in [1.165, 1.54) is 4.90 Å². The molecule has 2 heterocycles. The van der Waals surface area contributed by atoms with E-state index in [4.69, 9.17) is 5.11 Å². The van der Waals surface area contributed by atoms with Crippen molar-refractivity contribution in [1.29, 1.82) is 0 Å². The number of carboxylic acids is 1. The molecule has 0 bridgehead atoms. The normalized spacial score (nSPS) is 18.1. The SMILES string of the molecule is O=C(O)[C@H]1CCCN1C(=O)c1n[nH]c2ccccc2c1=O. The summed E-state index contributed by atoms with van der Waals surface area (Å²) in [5.41, 5.74) is -0.206. The number of fused-ring (bicyclic) bond motifs is 1. The molecule has 2 N–H and O–H groups in total. The van der Waals surface area contributed by atoms with E-state index in [9.17, 15) is 14.4 Å². The van der Waals surface area contributed by atoms with Crippen molar-refractivity contribution < 1.29 is 14.7 Å². The topological polar surface area (TPSA) is 103 Å². The van der Waals surface area contributed by atoms with E-state index in [2.05, 4.69) is 10.2 Å². The molecule has 21 heavy (non-hydrogen) atoms. The molecule has 1 fully saturated rings. The summed E-state index contributed by atoms with van der Waals surface area (Å²) in [7, 11) is 0. The summed E-state index contributed by atoms with van der Waals surface area (Å²) >= 11 is 0. The van der Waals surface area contributed by atoms with E-state index >= 15 is 0 Å². The Balaban J connectivity index is 2.04. The number of aromatic amines is 1. The number of nitrogens with one attached hydrogen (secondary N) is 1. The number of benzene rings is 1. The molecule has 1 saturated heterocycles. The van der Waals surface area contributed by atoms with Crippen LogP contribution in [0.5, 0.6) is 0 Å². The number of para-hydroxylation sites is 1. The summed E-state index contributed by atoms with van der Waals surface area (Å²) in [4.78, 5) is 37.1. The lowest BCUT2D eigenvalue weighted by atomic mass is 10.2. The van der Waals surface area contributed by atoms with Crippen LogP contribution in [0.15, 0.2) is 29.1 Å². The van der Waals surface area contributed by atoms with Gasteiger partial charge in [-0.05, 0) is 25.0 Å². The van der Waals surface area contributed by atoms with Gasteiger partial charge in [0, 0.05) is 11.9 Å². The highest BCUT2D eigenvalue weighted by Gasteiger charge is 2.36. The Bertz CT molecular complexity index is 783. The first-order valence-electron chi connectivity index (χ1n) is 6.61. The smallest absolute Gasteiger partial charge is 0.326 e. The Labute approximate surface area is 119 Å². The summed E-state index contributed by atoms with van der Waals surface area (Å²) in [6.45, 7) is 0.323. The van der Waals surface area contributed by atoms with E-state index < -0.39 is 23.3 Å². The minimum atomic E-state index is -1.06. The molecule has 108 valence electrons. The lowest BCUT2D eigenvalue weighted by Gasteiger charge is -2.20. The van der Waals surface area contributed by atoms with E-state index in [0.717, 1.165) is 0 Å². The number of amides is 1. The quantitative estimate of drug-likeness (QED) is 0.842. The van der Waals surface area contributed by atoms with Crippen LogP contribution in [0.1, 0.15) is 23.3 Å². The molecule has 0 radical (unpaired) electrons. The Morgan fingerprint density at radius 3 is 2.86 bits per heavy atom. The Morgan fingerprint density at radius 1 is 1.33 bits per heavy atom. The zero-order valence-corrected chi connectivity index (χ0v) is 11.1. The van der Waals surface area contributed by atoms with Crippen LogP contribution in [-0.4, -0.2) is 44.7 Å². The summed E-state index contributed by atoms with van der Waals surface area (Å²) in [6, 6.07) is 5.86. The zero-order chi connectivity index (χ0) is 15.0. The number of nitrogens with zero attached hydrogens (tertiary/aromatic N) is 2. The standard InChI is InChI=1S/C14H13N3O4/c18-12-8-4-1-2-5-9(8)15-16-11(12)13(19)17-7-3-6-10(17)14(20)21/h1-2,4-5,10H,3,6-7H2,(H,15,18)(H,20,21)/t10-/m1/s1. The van der Waals surface area contributed by atoms with Gasteiger partial charge < -0.3 is 10.0 Å². The monoisotopic (exact) mass is 287 g/mol. The van der Waals surface area contributed by atoms with Crippen molar-refractivity contribution in [1.82, 2.24) is 15.1 Å². The highest BCUT2D eigenvalue weighted by Crippen LogP contribution is 2.19. The maximum absolute atomic E-state index is 12.4. The maximum Gasteiger partial charge on any atom is 0.326 e. The fourth-order valence-corrected chi connectivity index (χ4v) is 2.62. The summed E-state index contributed by atoms with van der Waals surface area (Å²) < 4.78 is 0. The van der Waals surface area contributed by atoms with Crippen LogP contribution in [0.2, 0.25) is 0 Å². The van der Waals surface area contributed by atoms with Crippen molar-refractivity contribution in [2.24, 2.45) is 0 Å². The van der Waals surface area contributed by atoms with Crippen molar-refractivity contribution >= 4 is 22.8 Å². The third-order valence-electron chi connectivity index (χ3n) is 3.68. The van der Waals surface area contributed by atoms with Crippen LogP contribution in [0.3, 0.4) is 0 Å². The first-order valence-corrected chi connectivity index (χ1v) is 6.61. The largest absolute Gasteiger partial charge is 0.480 e. The second-order valence-corrected chi connectivity index (χ2v) is 4.94. The van der Waals surface area contributed by atoms with Gasteiger partial charge in [0.1, 0.15) is 6.04 Å². The van der Waals surface area contributed by atoms with E-state index in [-0.39, 0.29) is 5.69 Å². The van der Waals surface area contributed by atoms with E-state index in [0.29, 0.717) is 30.3 Å². The molecule has 1 aliphatic rings. The van der Waals surface area contributed by atoms with Gasteiger partial charge in [-0.3, -0.25) is 14.7 Å². The minimum Gasteiger partial charge on any atom is -0.480 e. The van der Waals surface area contributed by atoms with Gasteiger partial charge >= 0.3 is 5.97 Å². The van der Waals surface area contributed by atoms with Gasteiger partial charge in [0.25, 0.3) is 5.91 Å². The van der Waals surface area contributed by atoms with Crippen molar-refractivity contribution in [3.8, 4) is 0 Å². The van der Waals surface area contributed by atoms with Crippen LogP contribution < -0.4 is 5.43 Å². The number of aromatic nitrogens is 2. The highest BCUT2D eigenvalue weighted by atomic mass is 16.4. The number of hydrogen-bond donors (Lipinski definition) is 2. The molecule has 0 unspecified atom stereocenters. The number of rotatable bonds is 2. The van der Waals surface area contributed by atoms with Gasteiger partial charge in [-0.2, -0.15) is 5.10 Å². The highest BCUT2D eigenvalue weighted by molar-refractivity contribution is 5.97. The van der Waals surface area contributed by atoms with Gasteiger partial charge in [0.05, 0.1) is 5.52 Å². The van der Waals surface area contributed by atoms with E-state index in [1.54, 1.807) is 24.3 Å². The van der Waals surface area contributed by atoms with Gasteiger partial charge in [-0.25, -0.2) is 4.79 Å². The number of carboxylic acid groups (broad SMARTS) is 1. The molecule has 2 aromatic rings. The Morgan fingerprint density at radius 2 is 2.10 bits per heavy atom. The molecular formula is C14H13N3O4. The summed E-state index contributed by atoms with van der Waals surface area (Å²) in [5, 5.41) is 16.0. The molecule has 1 aromatic heterocycles. The third kappa shape index (κ3) is 2.16. The molecular weight excluding hydrogens is 274 g/mol.